The van der Waals surface area contributed by atoms with Crippen molar-refractivity contribution in [2.45, 2.75) is 38.5 Å². The van der Waals surface area contributed by atoms with Gasteiger partial charge in [0.2, 0.25) is 0 Å². The van der Waals surface area contributed by atoms with E-state index >= 15 is 0 Å². The predicted molar refractivity (Wildman–Crippen MR) is 79.1 cm³/mol. The van der Waals surface area contributed by atoms with Crippen molar-refractivity contribution in [3.05, 3.63) is 34.9 Å². The monoisotopic (exact) mass is 297 g/mol. The van der Waals surface area contributed by atoms with Crippen LogP contribution in [0.25, 0.3) is 0 Å². The molecule has 1 aromatic carbocycles. The first kappa shape index (κ1) is 16.5. The first-order chi connectivity index (χ1) is 9.61. The molecule has 1 aromatic rings. The van der Waals surface area contributed by atoms with Crippen molar-refractivity contribution in [1.82, 2.24) is 5.32 Å². The summed E-state index contributed by atoms with van der Waals surface area (Å²) in [5.41, 5.74) is 0.496. The maximum atomic E-state index is 11.8. The molecule has 110 valence electrons. The van der Waals surface area contributed by atoms with Crippen LogP contribution in [-0.2, 0) is 4.79 Å². The summed E-state index contributed by atoms with van der Waals surface area (Å²) in [5.74, 6) is -0.890. The van der Waals surface area contributed by atoms with Crippen LogP contribution in [0, 0.1) is 0 Å². The molecule has 0 bridgehead atoms. The molecule has 1 rings (SSSR count). The minimum absolute atomic E-state index is 0.151. The van der Waals surface area contributed by atoms with Crippen LogP contribution < -0.4 is 5.32 Å². The fraction of sp³-hybridized carbons (Fsp3) is 0.467. The number of rotatable bonds is 9. The van der Waals surface area contributed by atoms with Crippen LogP contribution in [0.1, 0.15) is 48.9 Å². The number of amides is 1. The van der Waals surface area contributed by atoms with Crippen molar-refractivity contribution in [2.75, 3.05) is 6.54 Å². The van der Waals surface area contributed by atoms with Crippen molar-refractivity contribution in [3.63, 3.8) is 0 Å². The lowest BCUT2D eigenvalue weighted by Crippen LogP contribution is -2.24. The molecule has 1 amide bonds. The molecule has 5 heteroatoms. The highest BCUT2D eigenvalue weighted by Crippen LogP contribution is 2.14. The van der Waals surface area contributed by atoms with Crippen LogP contribution in [0.15, 0.2) is 24.3 Å². The van der Waals surface area contributed by atoms with Gasteiger partial charge in [0.15, 0.2) is 0 Å². The lowest BCUT2D eigenvalue weighted by Gasteiger charge is -2.06. The average molecular weight is 298 g/mol. The maximum Gasteiger partial charge on any atom is 0.303 e. The van der Waals surface area contributed by atoms with Crippen LogP contribution in [0.5, 0.6) is 0 Å². The molecule has 0 spiro atoms. The van der Waals surface area contributed by atoms with Crippen molar-refractivity contribution in [3.8, 4) is 0 Å². The maximum absolute atomic E-state index is 11.8. The van der Waals surface area contributed by atoms with Crippen LogP contribution in [0.2, 0.25) is 5.02 Å². The SMILES string of the molecule is O=C(O)CCCCCCCNC(=O)c1ccccc1Cl. The first-order valence-electron chi connectivity index (χ1n) is 6.86. The lowest BCUT2D eigenvalue weighted by atomic mass is 10.1. The van der Waals surface area contributed by atoms with Gasteiger partial charge in [0.05, 0.1) is 10.6 Å². The summed E-state index contributed by atoms with van der Waals surface area (Å²) in [7, 11) is 0. The second-order valence-electron chi connectivity index (χ2n) is 4.65. The molecule has 0 aliphatic rings. The molecule has 4 nitrogen and oxygen atoms in total. The number of benzene rings is 1. The van der Waals surface area contributed by atoms with Gasteiger partial charge in [-0.2, -0.15) is 0 Å². The Kier molecular flexibility index (Phi) is 7.73. The molecule has 0 saturated heterocycles. The van der Waals surface area contributed by atoms with Crippen molar-refractivity contribution < 1.29 is 14.7 Å². The topological polar surface area (TPSA) is 66.4 Å². The van der Waals surface area contributed by atoms with E-state index in [9.17, 15) is 9.59 Å². The third-order valence-corrected chi connectivity index (χ3v) is 3.30. The van der Waals surface area contributed by atoms with E-state index in [-0.39, 0.29) is 12.3 Å². The zero-order valence-electron chi connectivity index (χ0n) is 11.4. The number of carbonyl (C=O) groups is 2. The highest BCUT2D eigenvalue weighted by atomic mass is 35.5. The van der Waals surface area contributed by atoms with Crippen LogP contribution in [-0.4, -0.2) is 23.5 Å². The van der Waals surface area contributed by atoms with E-state index in [0.29, 0.717) is 17.1 Å². The first-order valence-corrected chi connectivity index (χ1v) is 7.23. The summed E-state index contributed by atoms with van der Waals surface area (Å²) >= 11 is 5.93. The van der Waals surface area contributed by atoms with Crippen molar-refractivity contribution in [2.24, 2.45) is 0 Å². The zero-order chi connectivity index (χ0) is 14.8. The summed E-state index contributed by atoms with van der Waals surface area (Å²) in [6.45, 7) is 0.614. The number of carboxylic acid groups (broad SMARTS) is 1. The summed E-state index contributed by atoms with van der Waals surface area (Å²) < 4.78 is 0. The second-order valence-corrected chi connectivity index (χ2v) is 5.05. The van der Waals surface area contributed by atoms with Gasteiger partial charge in [-0.3, -0.25) is 9.59 Å². The largest absolute Gasteiger partial charge is 0.481 e. The quantitative estimate of drug-likeness (QED) is 0.686. The van der Waals surface area contributed by atoms with Gasteiger partial charge in [-0.15, -0.1) is 0 Å². The van der Waals surface area contributed by atoms with Crippen LogP contribution >= 0.6 is 11.6 Å². The molecule has 2 N–H and O–H groups in total. The molecule has 0 aliphatic heterocycles. The average Bonchev–Trinajstić information content (AvgIpc) is 2.41. The van der Waals surface area contributed by atoms with E-state index < -0.39 is 5.97 Å². The fourth-order valence-corrected chi connectivity index (χ4v) is 2.10. The summed E-state index contributed by atoms with van der Waals surface area (Å²) in [6, 6.07) is 6.96. The van der Waals surface area contributed by atoms with Gasteiger partial charge in [-0.25, -0.2) is 0 Å². The zero-order valence-corrected chi connectivity index (χ0v) is 12.2. The Morgan fingerprint density at radius 1 is 1.05 bits per heavy atom. The van der Waals surface area contributed by atoms with Gasteiger partial charge in [-0.05, 0) is 25.0 Å². The highest BCUT2D eigenvalue weighted by Gasteiger charge is 2.07. The normalized spacial score (nSPS) is 10.2. The van der Waals surface area contributed by atoms with Crippen LogP contribution in [0.4, 0.5) is 0 Å². The van der Waals surface area contributed by atoms with Crippen molar-refractivity contribution in [1.29, 1.82) is 0 Å². The molecule has 0 aromatic heterocycles. The standard InChI is InChI=1S/C15H20ClNO3/c16-13-9-6-5-8-12(13)15(20)17-11-7-3-1-2-4-10-14(18)19/h5-6,8-9H,1-4,7,10-11H2,(H,17,20)(H,18,19). The Morgan fingerprint density at radius 2 is 1.70 bits per heavy atom. The number of unbranched alkanes of at least 4 members (excludes halogenated alkanes) is 4. The fourth-order valence-electron chi connectivity index (χ4n) is 1.87. The lowest BCUT2D eigenvalue weighted by molar-refractivity contribution is -0.137. The molecule has 0 heterocycles. The van der Waals surface area contributed by atoms with Gasteiger partial charge in [-0.1, -0.05) is 43.0 Å². The molecule has 0 radical (unpaired) electrons. The molecule has 0 fully saturated rings. The predicted octanol–water partition coefficient (Wildman–Crippen LogP) is 3.50. The van der Waals surface area contributed by atoms with Gasteiger partial charge < -0.3 is 10.4 Å². The third kappa shape index (κ3) is 6.57. The summed E-state index contributed by atoms with van der Waals surface area (Å²) in [5, 5.41) is 11.8. The Morgan fingerprint density at radius 3 is 2.40 bits per heavy atom. The number of carbonyl (C=O) groups excluding carboxylic acids is 1. The molecular weight excluding hydrogens is 278 g/mol. The van der Waals surface area contributed by atoms with E-state index in [0.717, 1.165) is 32.1 Å². The van der Waals surface area contributed by atoms with E-state index in [1.807, 2.05) is 0 Å². The molecule has 0 atom stereocenters. The number of halogens is 1. The molecule has 0 aliphatic carbocycles. The Bertz CT molecular complexity index is 448. The van der Waals surface area contributed by atoms with Crippen LogP contribution in [0.3, 0.4) is 0 Å². The van der Waals surface area contributed by atoms with Crippen molar-refractivity contribution >= 4 is 23.5 Å². The molecule has 0 saturated carbocycles. The van der Waals surface area contributed by atoms with E-state index in [1.54, 1.807) is 24.3 Å². The number of aliphatic carboxylic acids is 1. The Balaban J connectivity index is 2.08. The Hall–Kier alpha value is -1.55. The number of carboxylic acids is 1. The third-order valence-electron chi connectivity index (χ3n) is 2.97. The highest BCUT2D eigenvalue weighted by molar-refractivity contribution is 6.33. The van der Waals surface area contributed by atoms with Gasteiger partial charge in [0, 0.05) is 13.0 Å². The minimum atomic E-state index is -0.739. The molecular formula is C15H20ClNO3. The van der Waals surface area contributed by atoms with Gasteiger partial charge in [0.25, 0.3) is 5.91 Å². The summed E-state index contributed by atoms with van der Waals surface area (Å²) in [6.07, 6.45) is 4.76. The number of nitrogens with one attached hydrogen (secondary N) is 1. The van der Waals surface area contributed by atoms with E-state index in [4.69, 9.17) is 16.7 Å². The number of hydrogen-bond donors (Lipinski definition) is 2. The minimum Gasteiger partial charge on any atom is -0.481 e. The summed E-state index contributed by atoms with van der Waals surface area (Å²) in [4.78, 5) is 22.1. The number of hydrogen-bond acceptors (Lipinski definition) is 2. The van der Waals surface area contributed by atoms with Gasteiger partial charge >= 0.3 is 5.97 Å². The van der Waals surface area contributed by atoms with E-state index in [1.165, 1.54) is 0 Å². The second kappa shape index (κ2) is 9.37. The Labute approximate surface area is 124 Å². The van der Waals surface area contributed by atoms with E-state index in [2.05, 4.69) is 5.32 Å². The smallest absolute Gasteiger partial charge is 0.303 e. The molecule has 20 heavy (non-hydrogen) atoms. The van der Waals surface area contributed by atoms with Gasteiger partial charge in [0.1, 0.15) is 0 Å². The molecule has 0 unspecified atom stereocenters.